The average Bonchev–Trinajstić information content (AvgIpc) is 2.79. The highest BCUT2D eigenvalue weighted by molar-refractivity contribution is 7.10. The lowest BCUT2D eigenvalue weighted by Crippen LogP contribution is -2.23. The van der Waals surface area contributed by atoms with Crippen LogP contribution in [-0.2, 0) is 0 Å². The number of nitrogens with one attached hydrogen (secondary N) is 1. The molecule has 2 atom stereocenters. The third-order valence-electron chi connectivity index (χ3n) is 3.52. The molecule has 0 aliphatic carbocycles. The number of unbranched alkanes of at least 4 members (excludes halogenated alkanes) is 1. The third kappa shape index (κ3) is 4.91. The normalized spacial score (nSPS) is 14.7. The first-order valence-electron chi connectivity index (χ1n) is 7.19. The molecule has 1 heterocycles. The van der Waals surface area contributed by atoms with Crippen LogP contribution in [0.25, 0.3) is 0 Å². The zero-order chi connectivity index (χ0) is 13.4. The lowest BCUT2D eigenvalue weighted by Gasteiger charge is -2.23. The van der Waals surface area contributed by atoms with Gasteiger partial charge in [-0.2, -0.15) is 0 Å². The predicted octanol–water partition coefficient (Wildman–Crippen LogP) is 5.66. The Balaban J connectivity index is 2.64. The highest BCUT2D eigenvalue weighted by Gasteiger charge is 2.19. The molecular formula is C15H26ClNS. The molecular weight excluding hydrogens is 262 g/mol. The van der Waals surface area contributed by atoms with E-state index in [1.807, 2.05) is 6.07 Å². The van der Waals surface area contributed by atoms with Crippen LogP contribution in [0.15, 0.2) is 11.4 Å². The lowest BCUT2D eigenvalue weighted by atomic mass is 9.91. The first kappa shape index (κ1) is 16.0. The molecule has 0 spiro atoms. The topological polar surface area (TPSA) is 12.0 Å². The van der Waals surface area contributed by atoms with Crippen molar-refractivity contribution in [1.82, 2.24) is 5.32 Å². The molecule has 18 heavy (non-hydrogen) atoms. The summed E-state index contributed by atoms with van der Waals surface area (Å²) >= 11 is 8.05. The molecule has 0 radical (unpaired) electrons. The van der Waals surface area contributed by atoms with E-state index in [1.165, 1.54) is 37.0 Å². The molecule has 0 aliphatic rings. The van der Waals surface area contributed by atoms with Crippen LogP contribution in [0.3, 0.4) is 0 Å². The Hall–Kier alpha value is -0.0500. The lowest BCUT2D eigenvalue weighted by molar-refractivity contribution is 0.360. The van der Waals surface area contributed by atoms with E-state index in [-0.39, 0.29) is 0 Å². The van der Waals surface area contributed by atoms with Gasteiger partial charge in [0.05, 0.1) is 5.02 Å². The minimum absolute atomic E-state index is 0.435. The smallest absolute Gasteiger partial charge is 0.0561 e. The Morgan fingerprint density at radius 2 is 2.11 bits per heavy atom. The van der Waals surface area contributed by atoms with E-state index in [4.69, 9.17) is 11.6 Å². The second-order valence-electron chi connectivity index (χ2n) is 4.90. The molecule has 0 aliphatic heterocycles. The Bertz CT molecular complexity index is 324. The molecule has 104 valence electrons. The SMILES string of the molecule is CCCCC(CC)CC(NCC)c1sccc1Cl. The molecule has 0 saturated heterocycles. The summed E-state index contributed by atoms with van der Waals surface area (Å²) in [6.07, 6.45) is 6.46. The molecule has 1 N–H and O–H groups in total. The summed E-state index contributed by atoms with van der Waals surface area (Å²) in [7, 11) is 0. The standard InChI is InChI=1S/C15H26ClNS/c1-4-7-8-12(5-2)11-14(17-6-3)15-13(16)9-10-18-15/h9-10,12,14,17H,4-8,11H2,1-3H3. The number of thiophene rings is 1. The second-order valence-corrected chi connectivity index (χ2v) is 6.25. The van der Waals surface area contributed by atoms with Crippen LogP contribution in [-0.4, -0.2) is 6.54 Å². The summed E-state index contributed by atoms with van der Waals surface area (Å²) < 4.78 is 0. The Morgan fingerprint density at radius 3 is 2.61 bits per heavy atom. The third-order valence-corrected chi connectivity index (χ3v) is 5.00. The van der Waals surface area contributed by atoms with E-state index in [0.717, 1.165) is 17.5 Å². The predicted molar refractivity (Wildman–Crippen MR) is 83.7 cm³/mol. The summed E-state index contributed by atoms with van der Waals surface area (Å²) in [5.74, 6) is 0.812. The van der Waals surface area contributed by atoms with Gasteiger partial charge in [-0.15, -0.1) is 11.3 Å². The monoisotopic (exact) mass is 287 g/mol. The molecule has 0 saturated carbocycles. The Labute approximate surface area is 121 Å². The highest BCUT2D eigenvalue weighted by Crippen LogP contribution is 2.34. The van der Waals surface area contributed by atoms with Crippen LogP contribution in [0.2, 0.25) is 5.02 Å². The van der Waals surface area contributed by atoms with Crippen LogP contribution >= 0.6 is 22.9 Å². The maximum Gasteiger partial charge on any atom is 0.0561 e. The van der Waals surface area contributed by atoms with Crippen LogP contribution in [0.1, 0.15) is 63.8 Å². The molecule has 0 fully saturated rings. The Kier molecular flexibility index (Phi) is 7.96. The van der Waals surface area contributed by atoms with Gasteiger partial charge in [-0.3, -0.25) is 0 Å². The fraction of sp³-hybridized carbons (Fsp3) is 0.733. The quantitative estimate of drug-likeness (QED) is 0.618. The van der Waals surface area contributed by atoms with Gasteiger partial charge in [-0.05, 0) is 30.3 Å². The van der Waals surface area contributed by atoms with Crippen molar-refractivity contribution in [3.63, 3.8) is 0 Å². The second kappa shape index (κ2) is 8.95. The van der Waals surface area contributed by atoms with Gasteiger partial charge in [-0.1, -0.05) is 58.1 Å². The van der Waals surface area contributed by atoms with Crippen molar-refractivity contribution in [3.8, 4) is 0 Å². The average molecular weight is 288 g/mol. The highest BCUT2D eigenvalue weighted by atomic mass is 35.5. The summed E-state index contributed by atoms with van der Waals surface area (Å²) in [6.45, 7) is 7.74. The molecule has 0 amide bonds. The fourth-order valence-corrected chi connectivity index (χ4v) is 3.68. The van der Waals surface area contributed by atoms with Crippen LogP contribution < -0.4 is 5.32 Å². The summed E-state index contributed by atoms with van der Waals surface area (Å²) in [5, 5.41) is 6.61. The zero-order valence-corrected chi connectivity index (χ0v) is 13.4. The first-order valence-corrected chi connectivity index (χ1v) is 8.44. The summed E-state index contributed by atoms with van der Waals surface area (Å²) in [6, 6.07) is 2.45. The number of hydrogen-bond donors (Lipinski definition) is 1. The van der Waals surface area contributed by atoms with E-state index < -0.39 is 0 Å². The van der Waals surface area contributed by atoms with Crippen molar-refractivity contribution in [2.24, 2.45) is 5.92 Å². The van der Waals surface area contributed by atoms with Crippen molar-refractivity contribution in [2.75, 3.05) is 6.54 Å². The van der Waals surface area contributed by atoms with E-state index in [9.17, 15) is 0 Å². The van der Waals surface area contributed by atoms with Gasteiger partial charge in [0, 0.05) is 10.9 Å². The van der Waals surface area contributed by atoms with Crippen LogP contribution in [0.5, 0.6) is 0 Å². The fourth-order valence-electron chi connectivity index (χ4n) is 2.40. The van der Waals surface area contributed by atoms with Gasteiger partial charge >= 0.3 is 0 Å². The number of halogens is 1. The van der Waals surface area contributed by atoms with Crippen molar-refractivity contribution in [1.29, 1.82) is 0 Å². The summed E-state index contributed by atoms with van der Waals surface area (Å²) in [4.78, 5) is 1.31. The molecule has 1 nitrogen and oxygen atoms in total. The summed E-state index contributed by atoms with van der Waals surface area (Å²) in [5.41, 5.74) is 0. The van der Waals surface area contributed by atoms with Crippen molar-refractivity contribution in [2.45, 2.75) is 58.9 Å². The molecule has 3 heteroatoms. The molecule has 1 rings (SSSR count). The molecule has 2 unspecified atom stereocenters. The van der Waals surface area contributed by atoms with Crippen LogP contribution in [0, 0.1) is 5.92 Å². The van der Waals surface area contributed by atoms with Gasteiger partial charge in [0.25, 0.3) is 0 Å². The van der Waals surface area contributed by atoms with Crippen molar-refractivity contribution >= 4 is 22.9 Å². The van der Waals surface area contributed by atoms with E-state index in [1.54, 1.807) is 11.3 Å². The van der Waals surface area contributed by atoms with Crippen molar-refractivity contribution in [3.05, 3.63) is 21.3 Å². The molecule has 1 aromatic rings. The zero-order valence-electron chi connectivity index (χ0n) is 11.8. The Morgan fingerprint density at radius 1 is 1.33 bits per heavy atom. The maximum absolute atomic E-state index is 6.27. The van der Waals surface area contributed by atoms with E-state index >= 15 is 0 Å². The number of rotatable bonds is 9. The molecule has 0 aromatic carbocycles. The molecule has 0 bridgehead atoms. The van der Waals surface area contributed by atoms with Gasteiger partial charge in [0.15, 0.2) is 0 Å². The van der Waals surface area contributed by atoms with Gasteiger partial charge in [0.1, 0.15) is 0 Å². The van der Waals surface area contributed by atoms with Crippen molar-refractivity contribution < 1.29 is 0 Å². The van der Waals surface area contributed by atoms with Gasteiger partial charge in [0.2, 0.25) is 0 Å². The van der Waals surface area contributed by atoms with Gasteiger partial charge in [-0.25, -0.2) is 0 Å². The largest absolute Gasteiger partial charge is 0.309 e. The first-order chi connectivity index (χ1) is 8.72. The van der Waals surface area contributed by atoms with Gasteiger partial charge < -0.3 is 5.32 Å². The minimum atomic E-state index is 0.435. The van der Waals surface area contributed by atoms with E-state index in [2.05, 4.69) is 31.5 Å². The maximum atomic E-state index is 6.27. The number of hydrogen-bond acceptors (Lipinski definition) is 2. The molecule has 1 aromatic heterocycles. The van der Waals surface area contributed by atoms with Crippen LogP contribution in [0.4, 0.5) is 0 Å². The van der Waals surface area contributed by atoms with E-state index in [0.29, 0.717) is 6.04 Å². The minimum Gasteiger partial charge on any atom is -0.309 e.